The molecule has 0 aromatic carbocycles. The molecular weight excluding hydrogens is 358 g/mol. The van der Waals surface area contributed by atoms with E-state index in [1.54, 1.807) is 4.90 Å². The van der Waals surface area contributed by atoms with Gasteiger partial charge in [0, 0.05) is 12.8 Å². The first-order valence-electron chi connectivity index (χ1n) is 12.6. The molecule has 1 heterocycles. The first-order chi connectivity index (χ1) is 14.1. The third-order valence-electron chi connectivity index (χ3n) is 6.28. The Morgan fingerprint density at radius 1 is 0.759 bits per heavy atom. The van der Waals surface area contributed by atoms with Gasteiger partial charge in [-0.25, -0.2) is 0 Å². The van der Waals surface area contributed by atoms with E-state index < -0.39 is 0 Å². The second kappa shape index (κ2) is 16.7. The maximum absolute atomic E-state index is 12.2. The Bertz CT molecular complexity index is 467. The Kier molecular flexibility index (Phi) is 14.9. The maximum Gasteiger partial charge on any atom is 0.230 e. The standard InChI is InChI=1S/C26H47NO2/c1-4-6-8-9-10-11-12-13-14-15-16-18-19-23(3)24(20-17-7-5-2)27-25(28)21-22-26(27)29/h19,24H,4-18,20-22H2,1-3H3/b23-19+. The minimum atomic E-state index is -0.00300. The van der Waals surface area contributed by atoms with Crippen molar-refractivity contribution in [2.75, 3.05) is 0 Å². The molecule has 1 aliphatic rings. The van der Waals surface area contributed by atoms with Crippen molar-refractivity contribution < 1.29 is 9.59 Å². The minimum absolute atomic E-state index is 0.00300. The molecule has 0 N–H and O–H groups in total. The van der Waals surface area contributed by atoms with Gasteiger partial charge in [-0.3, -0.25) is 14.5 Å². The zero-order valence-corrected chi connectivity index (χ0v) is 19.6. The lowest BCUT2D eigenvalue weighted by Gasteiger charge is -2.27. The Labute approximate surface area is 180 Å². The molecule has 0 saturated carbocycles. The first kappa shape index (κ1) is 25.9. The normalized spacial score (nSPS) is 16.1. The lowest BCUT2D eigenvalue weighted by Crippen LogP contribution is -2.40. The predicted molar refractivity (Wildman–Crippen MR) is 124 cm³/mol. The predicted octanol–water partition coefficient (Wildman–Crippen LogP) is 7.73. The van der Waals surface area contributed by atoms with E-state index in [1.165, 1.54) is 82.6 Å². The summed E-state index contributed by atoms with van der Waals surface area (Å²) in [4.78, 5) is 26.0. The monoisotopic (exact) mass is 405 g/mol. The van der Waals surface area contributed by atoms with Crippen molar-refractivity contribution in [2.24, 2.45) is 0 Å². The molecule has 1 aliphatic heterocycles. The summed E-state index contributed by atoms with van der Waals surface area (Å²) in [5, 5.41) is 0. The summed E-state index contributed by atoms with van der Waals surface area (Å²) in [6.45, 7) is 6.58. The number of carbonyl (C=O) groups excluding carboxylic acids is 2. The highest BCUT2D eigenvalue weighted by atomic mass is 16.2. The van der Waals surface area contributed by atoms with E-state index in [1.807, 2.05) is 0 Å². The first-order valence-corrected chi connectivity index (χ1v) is 12.6. The molecule has 29 heavy (non-hydrogen) atoms. The summed E-state index contributed by atoms with van der Waals surface area (Å²) < 4.78 is 0. The summed E-state index contributed by atoms with van der Waals surface area (Å²) in [5.41, 5.74) is 1.22. The summed E-state index contributed by atoms with van der Waals surface area (Å²) in [7, 11) is 0. The van der Waals surface area contributed by atoms with Gasteiger partial charge in [-0.15, -0.1) is 0 Å². The van der Waals surface area contributed by atoms with Crippen molar-refractivity contribution in [3.05, 3.63) is 11.6 Å². The molecule has 0 aliphatic carbocycles. The molecule has 1 unspecified atom stereocenters. The highest BCUT2D eigenvalue weighted by Crippen LogP contribution is 2.25. The van der Waals surface area contributed by atoms with Crippen LogP contribution < -0.4 is 0 Å². The number of imide groups is 1. The molecule has 3 nitrogen and oxygen atoms in total. The fourth-order valence-electron chi connectivity index (χ4n) is 4.36. The van der Waals surface area contributed by atoms with Crippen LogP contribution in [0.25, 0.3) is 0 Å². The molecule has 1 atom stereocenters. The minimum Gasteiger partial charge on any atom is -0.275 e. The smallest absolute Gasteiger partial charge is 0.230 e. The van der Waals surface area contributed by atoms with E-state index in [-0.39, 0.29) is 17.9 Å². The number of allylic oxidation sites excluding steroid dienone is 1. The van der Waals surface area contributed by atoms with Gasteiger partial charge in [-0.2, -0.15) is 0 Å². The molecule has 0 aromatic heterocycles. The number of nitrogens with zero attached hydrogens (tertiary/aromatic N) is 1. The quantitative estimate of drug-likeness (QED) is 0.133. The van der Waals surface area contributed by atoms with Gasteiger partial charge in [0.2, 0.25) is 11.8 Å². The summed E-state index contributed by atoms with van der Waals surface area (Å²) in [6, 6.07) is -0.00300. The number of hydrogen-bond acceptors (Lipinski definition) is 2. The third kappa shape index (κ3) is 11.0. The Balaban J connectivity index is 2.25. The van der Waals surface area contributed by atoms with Crippen molar-refractivity contribution >= 4 is 11.8 Å². The SMILES string of the molecule is CCCCCCCCCCCCC/C=C(\C)C(CCCCC)N1C(=O)CCC1=O. The van der Waals surface area contributed by atoms with Gasteiger partial charge in [0.05, 0.1) is 6.04 Å². The van der Waals surface area contributed by atoms with Crippen LogP contribution in [0.5, 0.6) is 0 Å². The molecule has 3 heteroatoms. The van der Waals surface area contributed by atoms with Crippen molar-refractivity contribution in [3.63, 3.8) is 0 Å². The van der Waals surface area contributed by atoms with Crippen LogP contribution in [0.15, 0.2) is 11.6 Å². The van der Waals surface area contributed by atoms with Crippen LogP contribution >= 0.6 is 0 Å². The summed E-state index contributed by atoms with van der Waals surface area (Å²) in [6.07, 6.45) is 23.5. The van der Waals surface area contributed by atoms with Gasteiger partial charge >= 0.3 is 0 Å². The van der Waals surface area contributed by atoms with Crippen LogP contribution in [0, 0.1) is 0 Å². The molecule has 0 spiro atoms. The number of amides is 2. The van der Waals surface area contributed by atoms with Gasteiger partial charge in [0.25, 0.3) is 0 Å². The van der Waals surface area contributed by atoms with Crippen molar-refractivity contribution in [1.82, 2.24) is 4.90 Å². The largest absolute Gasteiger partial charge is 0.275 e. The van der Waals surface area contributed by atoms with E-state index in [0.29, 0.717) is 12.8 Å². The number of carbonyl (C=O) groups is 2. The van der Waals surface area contributed by atoms with E-state index in [0.717, 1.165) is 25.7 Å². The number of likely N-dealkylation sites (tertiary alicyclic amines) is 1. The number of rotatable bonds is 18. The van der Waals surface area contributed by atoms with Gasteiger partial charge in [-0.05, 0) is 26.2 Å². The number of hydrogen-bond donors (Lipinski definition) is 0. The van der Waals surface area contributed by atoms with Gasteiger partial charge in [0.15, 0.2) is 0 Å². The molecule has 0 bridgehead atoms. The Morgan fingerprint density at radius 2 is 1.21 bits per heavy atom. The summed E-state index contributed by atoms with van der Waals surface area (Å²) in [5.74, 6) is 0.0536. The highest BCUT2D eigenvalue weighted by molar-refractivity contribution is 6.02. The molecule has 2 amide bonds. The number of unbranched alkanes of at least 4 members (excludes halogenated alkanes) is 13. The lowest BCUT2D eigenvalue weighted by molar-refractivity contribution is -0.140. The average molecular weight is 406 g/mol. The molecule has 1 rings (SSSR count). The topological polar surface area (TPSA) is 37.4 Å². The third-order valence-corrected chi connectivity index (χ3v) is 6.28. The Hall–Kier alpha value is -1.12. The Morgan fingerprint density at radius 3 is 1.72 bits per heavy atom. The zero-order valence-electron chi connectivity index (χ0n) is 19.6. The van der Waals surface area contributed by atoms with E-state index >= 15 is 0 Å². The van der Waals surface area contributed by atoms with Crippen LogP contribution in [-0.2, 0) is 9.59 Å². The zero-order chi connectivity index (χ0) is 21.3. The van der Waals surface area contributed by atoms with Crippen LogP contribution in [0.1, 0.15) is 136 Å². The molecule has 0 radical (unpaired) electrons. The molecule has 1 saturated heterocycles. The lowest BCUT2D eigenvalue weighted by atomic mass is 9.98. The molecular formula is C26H47NO2. The average Bonchev–Trinajstić information content (AvgIpc) is 3.04. The highest BCUT2D eigenvalue weighted by Gasteiger charge is 2.35. The second-order valence-electron chi connectivity index (χ2n) is 8.94. The van der Waals surface area contributed by atoms with E-state index in [9.17, 15) is 9.59 Å². The molecule has 168 valence electrons. The summed E-state index contributed by atoms with van der Waals surface area (Å²) >= 11 is 0. The van der Waals surface area contributed by atoms with Gasteiger partial charge < -0.3 is 0 Å². The van der Waals surface area contributed by atoms with Crippen LogP contribution in [-0.4, -0.2) is 22.8 Å². The second-order valence-corrected chi connectivity index (χ2v) is 8.94. The van der Waals surface area contributed by atoms with Crippen LogP contribution in [0.2, 0.25) is 0 Å². The van der Waals surface area contributed by atoms with Gasteiger partial charge in [0.1, 0.15) is 0 Å². The fourth-order valence-corrected chi connectivity index (χ4v) is 4.36. The molecule has 1 fully saturated rings. The van der Waals surface area contributed by atoms with Crippen LogP contribution in [0.4, 0.5) is 0 Å². The van der Waals surface area contributed by atoms with E-state index in [4.69, 9.17) is 0 Å². The maximum atomic E-state index is 12.2. The van der Waals surface area contributed by atoms with Crippen molar-refractivity contribution in [3.8, 4) is 0 Å². The van der Waals surface area contributed by atoms with Crippen molar-refractivity contribution in [2.45, 2.75) is 142 Å². The van der Waals surface area contributed by atoms with Gasteiger partial charge in [-0.1, -0.05) is 109 Å². The van der Waals surface area contributed by atoms with Crippen LogP contribution in [0.3, 0.4) is 0 Å². The molecule has 0 aromatic rings. The van der Waals surface area contributed by atoms with E-state index in [2.05, 4.69) is 26.8 Å². The fraction of sp³-hybridized carbons (Fsp3) is 0.846. The van der Waals surface area contributed by atoms with Crippen molar-refractivity contribution in [1.29, 1.82) is 0 Å².